The van der Waals surface area contributed by atoms with Crippen LogP contribution in [0.15, 0.2) is 35.3 Å². The summed E-state index contributed by atoms with van der Waals surface area (Å²) in [5.41, 5.74) is 0.610. The predicted molar refractivity (Wildman–Crippen MR) is 88.2 cm³/mol. The number of rotatable bonds is 4. The fraction of sp³-hybridized carbons (Fsp3) is 0.444. The number of nitrogens with zero attached hydrogens (tertiary/aromatic N) is 2. The average Bonchev–Trinajstić information content (AvgIpc) is 2.47. The molecule has 0 atom stereocenters. The number of pyridine rings is 1. The number of fused-ring (bicyclic) bond motifs is 1. The first-order valence-electron chi connectivity index (χ1n) is 7.92. The lowest BCUT2D eigenvalue weighted by molar-refractivity contribution is 0.0828. The molecule has 0 unspecified atom stereocenters. The van der Waals surface area contributed by atoms with E-state index in [1.54, 1.807) is 29.8 Å². The molecule has 3 rings (SSSR count). The molecule has 1 aromatic heterocycles. The van der Waals surface area contributed by atoms with E-state index >= 15 is 0 Å². The van der Waals surface area contributed by atoms with Crippen LogP contribution in [-0.2, 0) is 6.54 Å². The first-order chi connectivity index (χ1) is 10.6. The highest BCUT2D eigenvalue weighted by Gasteiger charge is 2.19. The van der Waals surface area contributed by atoms with Gasteiger partial charge >= 0.3 is 0 Å². The quantitative estimate of drug-likeness (QED) is 0.871. The van der Waals surface area contributed by atoms with E-state index in [1.165, 1.54) is 19.3 Å². The van der Waals surface area contributed by atoms with Crippen molar-refractivity contribution in [2.75, 3.05) is 14.1 Å². The van der Waals surface area contributed by atoms with Crippen LogP contribution in [0.2, 0.25) is 0 Å². The highest BCUT2D eigenvalue weighted by atomic mass is 16.2. The molecule has 1 heterocycles. The molecule has 0 spiro atoms. The van der Waals surface area contributed by atoms with E-state index < -0.39 is 0 Å². The van der Waals surface area contributed by atoms with Crippen molar-refractivity contribution in [1.29, 1.82) is 0 Å². The maximum Gasteiger partial charge on any atom is 0.258 e. The fourth-order valence-electron chi connectivity index (χ4n) is 3.02. The van der Waals surface area contributed by atoms with Gasteiger partial charge in [-0.2, -0.15) is 0 Å². The molecule has 1 aliphatic rings. The third kappa shape index (κ3) is 2.65. The van der Waals surface area contributed by atoms with Gasteiger partial charge in [0.2, 0.25) is 0 Å². The standard InChI is InChI=1S/C18H22N2O2/c1-19(2)17(21)16-12-20(11-10-13-6-5-7-13)18(22)15-9-4-3-8-14(15)16/h3-4,8-9,12-13H,5-7,10-11H2,1-2H3. The minimum Gasteiger partial charge on any atom is -0.345 e. The van der Waals surface area contributed by atoms with Gasteiger partial charge in [-0.3, -0.25) is 9.59 Å². The molecule has 1 fully saturated rings. The number of hydrogen-bond donors (Lipinski definition) is 0. The summed E-state index contributed by atoms with van der Waals surface area (Å²) in [5.74, 6) is 0.681. The largest absolute Gasteiger partial charge is 0.345 e. The van der Waals surface area contributed by atoms with E-state index in [4.69, 9.17) is 0 Å². The maximum atomic E-state index is 12.6. The number of hydrogen-bond acceptors (Lipinski definition) is 2. The van der Waals surface area contributed by atoms with E-state index in [0.717, 1.165) is 17.7 Å². The third-order valence-corrected chi connectivity index (χ3v) is 4.63. The van der Waals surface area contributed by atoms with E-state index in [2.05, 4.69) is 0 Å². The average molecular weight is 298 g/mol. The molecule has 22 heavy (non-hydrogen) atoms. The van der Waals surface area contributed by atoms with Gasteiger partial charge in [0.15, 0.2) is 0 Å². The van der Waals surface area contributed by atoms with E-state index in [-0.39, 0.29) is 11.5 Å². The van der Waals surface area contributed by atoms with E-state index in [0.29, 0.717) is 17.5 Å². The van der Waals surface area contributed by atoms with Crippen molar-refractivity contribution in [3.05, 3.63) is 46.4 Å². The van der Waals surface area contributed by atoms with Crippen LogP contribution in [0, 0.1) is 5.92 Å². The van der Waals surface area contributed by atoms with E-state index in [9.17, 15) is 9.59 Å². The highest BCUT2D eigenvalue weighted by Crippen LogP contribution is 2.29. The van der Waals surface area contributed by atoms with Gasteiger partial charge in [-0.05, 0) is 18.4 Å². The minimum atomic E-state index is -0.0615. The molecule has 1 aromatic carbocycles. The first-order valence-corrected chi connectivity index (χ1v) is 7.92. The Morgan fingerprint density at radius 1 is 1.23 bits per heavy atom. The van der Waals surface area contributed by atoms with Gasteiger partial charge in [0, 0.05) is 37.6 Å². The molecule has 1 saturated carbocycles. The van der Waals surface area contributed by atoms with Gasteiger partial charge in [-0.25, -0.2) is 0 Å². The van der Waals surface area contributed by atoms with E-state index in [1.807, 2.05) is 24.3 Å². The fourth-order valence-corrected chi connectivity index (χ4v) is 3.02. The molecule has 0 saturated heterocycles. The van der Waals surface area contributed by atoms with Gasteiger partial charge in [0.05, 0.1) is 5.56 Å². The van der Waals surface area contributed by atoms with Gasteiger partial charge in [0.25, 0.3) is 11.5 Å². The zero-order valence-electron chi connectivity index (χ0n) is 13.2. The molecule has 4 nitrogen and oxygen atoms in total. The maximum absolute atomic E-state index is 12.6. The number of carbonyl (C=O) groups excluding carboxylic acids is 1. The molecular formula is C18H22N2O2. The number of carbonyl (C=O) groups is 1. The molecule has 1 amide bonds. The van der Waals surface area contributed by atoms with Crippen LogP contribution in [-0.4, -0.2) is 29.5 Å². The Bertz CT molecular complexity index is 757. The predicted octanol–water partition coefficient (Wildman–Crippen LogP) is 2.89. The number of amides is 1. The summed E-state index contributed by atoms with van der Waals surface area (Å²) in [6.45, 7) is 0.696. The minimum absolute atomic E-state index is 0.00484. The summed E-state index contributed by atoms with van der Waals surface area (Å²) >= 11 is 0. The second-order valence-electron chi connectivity index (χ2n) is 6.37. The zero-order chi connectivity index (χ0) is 15.7. The number of benzene rings is 1. The second-order valence-corrected chi connectivity index (χ2v) is 6.37. The Labute approximate surface area is 130 Å². The van der Waals surface area contributed by atoms with Crippen LogP contribution >= 0.6 is 0 Å². The van der Waals surface area contributed by atoms with Crippen molar-refractivity contribution in [3.8, 4) is 0 Å². The first kappa shape index (κ1) is 14.8. The molecule has 116 valence electrons. The summed E-state index contributed by atoms with van der Waals surface area (Å²) < 4.78 is 1.72. The van der Waals surface area contributed by atoms with Crippen LogP contribution < -0.4 is 5.56 Å². The summed E-state index contributed by atoms with van der Waals surface area (Å²) in [7, 11) is 3.47. The van der Waals surface area contributed by atoms with Crippen molar-refractivity contribution in [2.24, 2.45) is 5.92 Å². The van der Waals surface area contributed by atoms with Crippen molar-refractivity contribution >= 4 is 16.7 Å². The van der Waals surface area contributed by atoms with Crippen LogP contribution in [0.4, 0.5) is 0 Å². The molecule has 2 aromatic rings. The molecule has 0 radical (unpaired) electrons. The summed E-state index contributed by atoms with van der Waals surface area (Å²) in [6.07, 6.45) is 6.61. The summed E-state index contributed by atoms with van der Waals surface area (Å²) in [4.78, 5) is 26.6. The topological polar surface area (TPSA) is 42.3 Å². The zero-order valence-corrected chi connectivity index (χ0v) is 13.2. The molecule has 4 heteroatoms. The third-order valence-electron chi connectivity index (χ3n) is 4.63. The van der Waals surface area contributed by atoms with Crippen LogP contribution in [0.5, 0.6) is 0 Å². The van der Waals surface area contributed by atoms with Crippen LogP contribution in [0.25, 0.3) is 10.8 Å². The van der Waals surface area contributed by atoms with Crippen LogP contribution in [0.3, 0.4) is 0 Å². The van der Waals surface area contributed by atoms with Gasteiger partial charge < -0.3 is 9.47 Å². The second kappa shape index (κ2) is 5.95. The lowest BCUT2D eigenvalue weighted by Crippen LogP contribution is -2.28. The SMILES string of the molecule is CN(C)C(=O)c1cn(CCC2CCC2)c(=O)c2ccccc12. The van der Waals surface area contributed by atoms with Crippen LogP contribution in [0.1, 0.15) is 36.0 Å². The molecule has 0 aliphatic heterocycles. The monoisotopic (exact) mass is 298 g/mol. The van der Waals surface area contributed by atoms with Gasteiger partial charge in [-0.15, -0.1) is 0 Å². The summed E-state index contributed by atoms with van der Waals surface area (Å²) in [6, 6.07) is 7.38. The molecule has 1 aliphatic carbocycles. The Kier molecular flexibility index (Phi) is 4.01. The Balaban J connectivity index is 2.05. The normalized spacial score (nSPS) is 14.8. The van der Waals surface area contributed by atoms with Crippen molar-refractivity contribution < 1.29 is 4.79 Å². The summed E-state index contributed by atoms with van der Waals surface area (Å²) in [5, 5.41) is 1.37. The lowest BCUT2D eigenvalue weighted by Gasteiger charge is -2.25. The molecule has 0 bridgehead atoms. The molecule has 0 N–H and O–H groups in total. The van der Waals surface area contributed by atoms with Gasteiger partial charge in [0.1, 0.15) is 0 Å². The highest BCUT2D eigenvalue weighted by molar-refractivity contribution is 6.06. The van der Waals surface area contributed by atoms with Gasteiger partial charge in [-0.1, -0.05) is 37.5 Å². The van der Waals surface area contributed by atoms with Crippen molar-refractivity contribution in [2.45, 2.75) is 32.2 Å². The number of aryl methyl sites for hydroxylation is 1. The Hall–Kier alpha value is -2.10. The number of aromatic nitrogens is 1. The Morgan fingerprint density at radius 3 is 2.50 bits per heavy atom. The lowest BCUT2D eigenvalue weighted by atomic mass is 9.83. The van der Waals surface area contributed by atoms with Crippen molar-refractivity contribution in [3.63, 3.8) is 0 Å². The Morgan fingerprint density at radius 2 is 1.91 bits per heavy atom. The smallest absolute Gasteiger partial charge is 0.258 e. The van der Waals surface area contributed by atoms with Crippen molar-refractivity contribution in [1.82, 2.24) is 9.47 Å². The molecular weight excluding hydrogens is 276 g/mol.